The molecule has 2 amide bonds. The van der Waals surface area contributed by atoms with Crippen molar-refractivity contribution < 1.29 is 9.59 Å². The molecule has 2 aromatic heterocycles. The molecule has 0 bridgehead atoms. The fourth-order valence-electron chi connectivity index (χ4n) is 5.04. The zero-order valence-electron chi connectivity index (χ0n) is 23.9. The van der Waals surface area contributed by atoms with Gasteiger partial charge in [-0.15, -0.1) is 11.8 Å². The maximum Gasteiger partial charge on any atom is 0.240 e. The van der Waals surface area contributed by atoms with Gasteiger partial charge in [0, 0.05) is 34.9 Å². The van der Waals surface area contributed by atoms with Gasteiger partial charge in [0.25, 0.3) is 0 Å². The molecule has 1 aliphatic heterocycles. The van der Waals surface area contributed by atoms with Gasteiger partial charge in [0.05, 0.1) is 22.4 Å². The maximum absolute atomic E-state index is 13.9. The van der Waals surface area contributed by atoms with Crippen LogP contribution in [0.1, 0.15) is 59.5 Å². The Hall–Kier alpha value is -3.62. The predicted molar refractivity (Wildman–Crippen MR) is 166 cm³/mol. The third-order valence-electron chi connectivity index (χ3n) is 7.27. The largest absolute Gasteiger partial charge is 0.350 e. The van der Waals surface area contributed by atoms with Crippen LogP contribution in [0.5, 0.6) is 0 Å². The number of hydrogen-bond acceptors (Lipinski definition) is 5. The van der Waals surface area contributed by atoms with E-state index in [9.17, 15) is 9.59 Å². The summed E-state index contributed by atoms with van der Waals surface area (Å²) >= 11 is 7.99. The first-order chi connectivity index (χ1) is 19.5. The van der Waals surface area contributed by atoms with E-state index in [0.29, 0.717) is 17.4 Å². The van der Waals surface area contributed by atoms with Crippen LogP contribution in [0.4, 0.5) is 5.82 Å². The Balaban J connectivity index is 1.69. The number of amides is 2. The summed E-state index contributed by atoms with van der Waals surface area (Å²) in [5.74, 6) is 0.424. The van der Waals surface area contributed by atoms with Crippen LogP contribution in [0.2, 0.25) is 5.02 Å². The molecule has 41 heavy (non-hydrogen) atoms. The molecule has 5 rings (SSSR count). The number of halogens is 1. The van der Waals surface area contributed by atoms with Crippen LogP contribution >= 0.6 is 23.4 Å². The van der Waals surface area contributed by atoms with Gasteiger partial charge in [-0.1, -0.05) is 62.7 Å². The predicted octanol–water partition coefficient (Wildman–Crippen LogP) is 6.32. The molecule has 1 N–H and O–H groups in total. The highest BCUT2D eigenvalue weighted by atomic mass is 35.5. The van der Waals surface area contributed by atoms with Crippen molar-refractivity contribution in [1.29, 1.82) is 0 Å². The van der Waals surface area contributed by atoms with Crippen LogP contribution in [0.15, 0.2) is 67.0 Å². The summed E-state index contributed by atoms with van der Waals surface area (Å²) in [6.07, 6.45) is 3.41. The van der Waals surface area contributed by atoms with Gasteiger partial charge in [-0.2, -0.15) is 5.10 Å². The lowest BCUT2D eigenvalue weighted by molar-refractivity contribution is -0.123. The number of nitrogens with one attached hydrogen (secondary N) is 1. The Kier molecular flexibility index (Phi) is 8.25. The lowest BCUT2D eigenvalue weighted by atomic mass is 9.87. The Labute approximate surface area is 250 Å². The van der Waals surface area contributed by atoms with E-state index in [0.717, 1.165) is 39.2 Å². The molecule has 0 aliphatic carbocycles. The molecule has 0 radical (unpaired) electrons. The average molecular weight is 588 g/mol. The van der Waals surface area contributed by atoms with Crippen molar-refractivity contribution in [3.05, 3.63) is 106 Å². The second-order valence-corrected chi connectivity index (χ2v) is 12.9. The lowest BCUT2D eigenvalue weighted by Gasteiger charge is -2.25. The minimum Gasteiger partial charge on any atom is -0.350 e. The van der Waals surface area contributed by atoms with Gasteiger partial charge in [-0.05, 0) is 60.4 Å². The van der Waals surface area contributed by atoms with Crippen LogP contribution in [-0.4, -0.2) is 38.9 Å². The van der Waals surface area contributed by atoms with Crippen molar-refractivity contribution in [2.45, 2.75) is 51.8 Å². The highest BCUT2D eigenvalue weighted by Gasteiger charge is 2.40. The molecule has 4 aromatic rings. The summed E-state index contributed by atoms with van der Waals surface area (Å²) in [6, 6.07) is 17.6. The molecule has 0 saturated heterocycles. The molecule has 1 atom stereocenters. The van der Waals surface area contributed by atoms with Crippen molar-refractivity contribution in [3.63, 3.8) is 0 Å². The number of benzene rings is 2. The Morgan fingerprint density at radius 2 is 1.90 bits per heavy atom. The smallest absolute Gasteiger partial charge is 0.240 e. The zero-order valence-corrected chi connectivity index (χ0v) is 25.5. The van der Waals surface area contributed by atoms with Gasteiger partial charge in [-0.3, -0.25) is 19.5 Å². The van der Waals surface area contributed by atoms with Crippen molar-refractivity contribution >= 4 is 41.0 Å². The van der Waals surface area contributed by atoms with Gasteiger partial charge < -0.3 is 5.32 Å². The van der Waals surface area contributed by atoms with Gasteiger partial charge in [-0.25, -0.2) is 4.68 Å². The fraction of sp³-hybridized carbons (Fsp3) is 0.312. The number of fused-ring (bicyclic) bond motifs is 1. The third-order valence-corrected chi connectivity index (χ3v) is 8.76. The van der Waals surface area contributed by atoms with Crippen LogP contribution < -0.4 is 10.2 Å². The van der Waals surface area contributed by atoms with E-state index in [-0.39, 0.29) is 34.8 Å². The number of anilines is 1. The zero-order chi connectivity index (χ0) is 29.3. The number of nitrogens with zero attached hydrogens (tertiary/aromatic N) is 4. The average Bonchev–Trinajstić information content (AvgIpc) is 3.27. The number of pyridine rings is 1. The molecule has 2 aromatic carbocycles. The first-order valence-electron chi connectivity index (χ1n) is 13.6. The molecular weight excluding hydrogens is 554 g/mol. The quantitative estimate of drug-likeness (QED) is 0.285. The van der Waals surface area contributed by atoms with E-state index in [4.69, 9.17) is 16.7 Å². The summed E-state index contributed by atoms with van der Waals surface area (Å²) in [5.41, 5.74) is 6.39. The first-order valence-corrected chi connectivity index (χ1v) is 15.0. The van der Waals surface area contributed by atoms with Crippen molar-refractivity contribution in [2.24, 2.45) is 0 Å². The molecule has 9 heteroatoms. The molecule has 7 nitrogen and oxygen atoms in total. The minimum absolute atomic E-state index is 0.130. The summed E-state index contributed by atoms with van der Waals surface area (Å²) < 4.78 is 1.87. The highest BCUT2D eigenvalue weighted by Crippen LogP contribution is 2.48. The van der Waals surface area contributed by atoms with Crippen LogP contribution in [0.25, 0.3) is 5.69 Å². The van der Waals surface area contributed by atoms with Gasteiger partial charge in [0.1, 0.15) is 12.4 Å². The van der Waals surface area contributed by atoms with Crippen LogP contribution in [0, 0.1) is 13.8 Å². The topological polar surface area (TPSA) is 80.1 Å². The second-order valence-electron chi connectivity index (χ2n) is 11.3. The first kappa shape index (κ1) is 28.9. The Morgan fingerprint density at radius 1 is 1.12 bits per heavy atom. The number of thioether (sulfide) groups is 1. The van der Waals surface area contributed by atoms with E-state index in [2.05, 4.69) is 51.0 Å². The minimum atomic E-state index is -0.341. The van der Waals surface area contributed by atoms with Crippen molar-refractivity contribution in [2.75, 3.05) is 17.2 Å². The third kappa shape index (κ3) is 6.04. The number of carbonyl (C=O) groups excluding carboxylic acids is 2. The van der Waals surface area contributed by atoms with Crippen LogP contribution in [0.3, 0.4) is 0 Å². The SMILES string of the molecule is Cc1cccc(-n2nc(C(C)(C)C)c3c2N(CC(=O)NCc2cccnc2)C(=O)CS[C@@H]3c2cccc(Cl)c2)c1C. The van der Waals surface area contributed by atoms with Gasteiger partial charge in [0.15, 0.2) is 0 Å². The fourth-order valence-corrected chi connectivity index (χ4v) is 6.43. The lowest BCUT2D eigenvalue weighted by Crippen LogP contribution is -2.42. The monoisotopic (exact) mass is 587 g/mol. The number of aromatic nitrogens is 3. The molecule has 0 unspecified atom stereocenters. The molecule has 212 valence electrons. The number of carbonyl (C=O) groups is 2. The Bertz CT molecular complexity index is 1600. The molecule has 3 heterocycles. The second kappa shape index (κ2) is 11.7. The van der Waals surface area contributed by atoms with Crippen LogP contribution in [-0.2, 0) is 21.5 Å². The number of aryl methyl sites for hydroxylation is 1. The van der Waals surface area contributed by atoms with Crippen molar-refractivity contribution in [3.8, 4) is 5.69 Å². The summed E-state index contributed by atoms with van der Waals surface area (Å²) in [6.45, 7) is 10.7. The van der Waals surface area contributed by atoms with Gasteiger partial charge in [0.2, 0.25) is 11.8 Å². The van der Waals surface area contributed by atoms with E-state index in [1.54, 1.807) is 29.1 Å². The summed E-state index contributed by atoms with van der Waals surface area (Å²) in [4.78, 5) is 32.9. The molecule has 0 fully saturated rings. The summed E-state index contributed by atoms with van der Waals surface area (Å²) in [5, 5.41) is 8.58. The van der Waals surface area contributed by atoms with E-state index in [1.165, 1.54) is 0 Å². The van der Waals surface area contributed by atoms with E-state index >= 15 is 0 Å². The molecule has 1 aliphatic rings. The molecular formula is C32H34ClN5O2S. The van der Waals surface area contributed by atoms with E-state index in [1.807, 2.05) is 53.2 Å². The van der Waals surface area contributed by atoms with Gasteiger partial charge >= 0.3 is 0 Å². The standard InChI is InChI=1S/C32H34ClN5O2S/c1-20-9-6-13-25(21(20)2)38-31-28(30(36-38)32(3,4)5)29(23-11-7-12-24(33)15-23)41-19-27(40)37(31)18-26(39)35-17-22-10-8-14-34-16-22/h6-16,29H,17-19H2,1-5H3,(H,35,39)/t29-/m1/s1. The van der Waals surface area contributed by atoms with Crippen molar-refractivity contribution in [1.82, 2.24) is 20.1 Å². The van der Waals surface area contributed by atoms with E-state index < -0.39 is 0 Å². The molecule has 0 spiro atoms. The maximum atomic E-state index is 13.9. The normalized spacial score (nSPS) is 15.4. The molecule has 0 saturated carbocycles. The number of rotatable bonds is 6. The number of hydrogen-bond donors (Lipinski definition) is 1. The Morgan fingerprint density at radius 3 is 2.61 bits per heavy atom. The highest BCUT2D eigenvalue weighted by molar-refractivity contribution is 8.00. The summed E-state index contributed by atoms with van der Waals surface area (Å²) in [7, 11) is 0.